The average molecular weight is 430 g/mol. The molecule has 3 rings (SSSR count). The normalized spacial score (nSPS) is 11.1. The fourth-order valence-corrected chi connectivity index (χ4v) is 3.57. The van der Waals surface area contributed by atoms with Gasteiger partial charge in [0.05, 0.1) is 11.4 Å². The Morgan fingerprint density at radius 2 is 1.97 bits per heavy atom. The van der Waals surface area contributed by atoms with Crippen molar-refractivity contribution in [3.8, 4) is 5.69 Å². The molecule has 0 radical (unpaired) electrons. The number of aromatic nitrogens is 3. The molecule has 0 fully saturated rings. The summed E-state index contributed by atoms with van der Waals surface area (Å²) in [6.45, 7) is 2.95. The van der Waals surface area contributed by atoms with Gasteiger partial charge in [-0.1, -0.05) is 41.6 Å². The molecule has 1 N–H and O–H groups in total. The molecule has 0 spiro atoms. The zero-order valence-corrected chi connectivity index (χ0v) is 18.3. The number of nitrogens with one attached hydrogen (secondary N) is 1. The maximum atomic E-state index is 12.3. The molecule has 0 saturated carbocycles. The highest BCUT2D eigenvalue weighted by Crippen LogP contribution is 2.24. The smallest absolute Gasteiger partial charge is 0.234 e. The number of halogens is 1. The first-order chi connectivity index (χ1) is 13.9. The quantitative estimate of drug-likeness (QED) is 0.547. The van der Waals surface area contributed by atoms with Crippen LogP contribution in [0.15, 0.2) is 53.9 Å². The fourth-order valence-electron chi connectivity index (χ4n) is 2.67. The van der Waals surface area contributed by atoms with Crippen molar-refractivity contribution in [2.75, 3.05) is 31.7 Å². The number of likely N-dealkylation sites (N-methyl/N-ethyl adjacent to an activating group) is 1. The van der Waals surface area contributed by atoms with Gasteiger partial charge in [-0.15, -0.1) is 10.2 Å². The summed E-state index contributed by atoms with van der Waals surface area (Å²) < 4.78 is 1.82. The van der Waals surface area contributed by atoms with Crippen molar-refractivity contribution >= 4 is 35.0 Å². The van der Waals surface area contributed by atoms with Crippen LogP contribution in [0.2, 0.25) is 5.02 Å². The molecule has 2 aromatic carbocycles. The maximum absolute atomic E-state index is 12.3. The van der Waals surface area contributed by atoms with E-state index < -0.39 is 0 Å². The fraction of sp³-hybridized carbons (Fsp3) is 0.286. The van der Waals surface area contributed by atoms with Crippen molar-refractivity contribution in [2.45, 2.75) is 18.5 Å². The predicted octanol–water partition coefficient (Wildman–Crippen LogP) is 4.06. The van der Waals surface area contributed by atoms with Gasteiger partial charge in [0.1, 0.15) is 6.33 Å². The Balaban J connectivity index is 1.56. The zero-order valence-electron chi connectivity index (χ0n) is 16.7. The molecule has 8 heteroatoms. The molecule has 3 aromatic rings. The molecule has 1 aromatic heterocycles. The van der Waals surface area contributed by atoms with Crippen LogP contribution in [0.25, 0.3) is 5.69 Å². The van der Waals surface area contributed by atoms with Crippen LogP contribution < -0.4 is 5.32 Å². The van der Waals surface area contributed by atoms with E-state index in [0.29, 0.717) is 10.2 Å². The molecule has 0 aliphatic carbocycles. The van der Waals surface area contributed by atoms with Crippen LogP contribution in [0.5, 0.6) is 0 Å². The SMILES string of the molecule is Cc1ccc(-n2cnnc2SCC(=O)Nc2ccc(CCN(C)C)cc2)cc1Cl. The Morgan fingerprint density at radius 3 is 2.66 bits per heavy atom. The summed E-state index contributed by atoms with van der Waals surface area (Å²) in [7, 11) is 4.11. The molecule has 0 bridgehead atoms. The predicted molar refractivity (Wildman–Crippen MR) is 119 cm³/mol. The zero-order chi connectivity index (χ0) is 20.8. The van der Waals surface area contributed by atoms with Crippen molar-refractivity contribution in [3.63, 3.8) is 0 Å². The number of aryl methyl sites for hydroxylation is 1. The molecule has 152 valence electrons. The maximum Gasteiger partial charge on any atom is 0.234 e. The Morgan fingerprint density at radius 1 is 1.21 bits per heavy atom. The number of rotatable bonds is 8. The lowest BCUT2D eigenvalue weighted by Gasteiger charge is -2.10. The molecule has 29 heavy (non-hydrogen) atoms. The number of thioether (sulfide) groups is 1. The first-order valence-corrected chi connectivity index (χ1v) is 10.6. The van der Waals surface area contributed by atoms with Crippen molar-refractivity contribution in [1.29, 1.82) is 0 Å². The summed E-state index contributed by atoms with van der Waals surface area (Å²) in [5.74, 6) is 0.147. The van der Waals surface area contributed by atoms with E-state index in [1.165, 1.54) is 17.3 Å². The van der Waals surface area contributed by atoms with Crippen LogP contribution in [0.3, 0.4) is 0 Å². The standard InChI is InChI=1S/C21H24ClN5OS/c1-15-4-9-18(12-19(15)22)27-14-23-25-21(27)29-13-20(28)24-17-7-5-16(6-8-17)10-11-26(2)3/h4-9,12,14H,10-11,13H2,1-3H3,(H,24,28). The lowest BCUT2D eigenvalue weighted by atomic mass is 10.1. The Bertz CT molecular complexity index is 971. The van der Waals surface area contributed by atoms with Crippen molar-refractivity contribution in [3.05, 3.63) is 64.9 Å². The van der Waals surface area contributed by atoms with Gasteiger partial charge >= 0.3 is 0 Å². The first-order valence-electron chi connectivity index (χ1n) is 9.25. The third kappa shape index (κ3) is 6.06. The van der Waals surface area contributed by atoms with Gasteiger partial charge in [0.15, 0.2) is 5.16 Å². The van der Waals surface area contributed by atoms with Gasteiger partial charge < -0.3 is 10.2 Å². The average Bonchev–Trinajstić information content (AvgIpc) is 3.16. The summed E-state index contributed by atoms with van der Waals surface area (Å²) in [6.07, 6.45) is 2.60. The number of carbonyl (C=O) groups excluding carboxylic acids is 1. The monoisotopic (exact) mass is 429 g/mol. The third-order valence-electron chi connectivity index (χ3n) is 4.37. The van der Waals surface area contributed by atoms with Gasteiger partial charge in [-0.2, -0.15) is 0 Å². The number of amides is 1. The van der Waals surface area contributed by atoms with Gasteiger partial charge in [0, 0.05) is 17.3 Å². The second-order valence-electron chi connectivity index (χ2n) is 7.00. The van der Waals surface area contributed by atoms with E-state index in [1.807, 2.05) is 54.0 Å². The van der Waals surface area contributed by atoms with E-state index in [0.717, 1.165) is 29.9 Å². The topological polar surface area (TPSA) is 63.1 Å². The van der Waals surface area contributed by atoms with Crippen LogP contribution >= 0.6 is 23.4 Å². The minimum atomic E-state index is -0.0902. The van der Waals surface area contributed by atoms with Gasteiger partial charge in [0.2, 0.25) is 5.91 Å². The second kappa shape index (κ2) is 9.91. The van der Waals surface area contributed by atoms with Crippen LogP contribution in [0, 0.1) is 6.92 Å². The number of hydrogen-bond donors (Lipinski definition) is 1. The number of carbonyl (C=O) groups is 1. The highest BCUT2D eigenvalue weighted by molar-refractivity contribution is 7.99. The van der Waals surface area contributed by atoms with Crippen molar-refractivity contribution in [1.82, 2.24) is 19.7 Å². The molecule has 0 atom stereocenters. The molecule has 0 aliphatic rings. The van der Waals surface area contributed by atoms with Gasteiger partial charge in [-0.3, -0.25) is 9.36 Å². The number of benzene rings is 2. The minimum absolute atomic E-state index is 0.0902. The van der Waals surface area contributed by atoms with Crippen LogP contribution in [-0.2, 0) is 11.2 Å². The summed E-state index contributed by atoms with van der Waals surface area (Å²) in [6, 6.07) is 13.7. The van der Waals surface area contributed by atoms with Crippen LogP contribution in [0.1, 0.15) is 11.1 Å². The molecule has 0 unspecified atom stereocenters. The summed E-state index contributed by atoms with van der Waals surface area (Å²) in [5, 5.41) is 12.3. The molecule has 0 aliphatic heterocycles. The van der Waals surface area contributed by atoms with Crippen molar-refractivity contribution in [2.24, 2.45) is 0 Å². The number of hydrogen-bond acceptors (Lipinski definition) is 5. The summed E-state index contributed by atoms with van der Waals surface area (Å²) in [5.41, 5.74) is 3.90. The van der Waals surface area contributed by atoms with Crippen LogP contribution in [-0.4, -0.2) is 52.0 Å². The second-order valence-corrected chi connectivity index (χ2v) is 8.35. The van der Waals surface area contributed by atoms with E-state index in [2.05, 4.69) is 34.5 Å². The van der Waals surface area contributed by atoms with Gasteiger partial charge in [-0.25, -0.2) is 0 Å². The van der Waals surface area contributed by atoms with E-state index >= 15 is 0 Å². The Labute approximate surface area is 180 Å². The van der Waals surface area contributed by atoms with Gasteiger partial charge in [-0.05, 0) is 62.8 Å². The molecule has 0 saturated heterocycles. The van der Waals surface area contributed by atoms with Gasteiger partial charge in [0.25, 0.3) is 0 Å². The molecular weight excluding hydrogens is 406 g/mol. The molecular formula is C21H24ClN5OS. The third-order valence-corrected chi connectivity index (χ3v) is 5.72. The highest BCUT2D eigenvalue weighted by atomic mass is 35.5. The lowest BCUT2D eigenvalue weighted by Crippen LogP contribution is -2.15. The first kappa shape index (κ1) is 21.4. The molecule has 6 nitrogen and oxygen atoms in total. The number of nitrogens with zero attached hydrogens (tertiary/aromatic N) is 4. The summed E-state index contributed by atoms with van der Waals surface area (Å²) >= 11 is 7.55. The Hall–Kier alpha value is -2.35. The molecule has 1 heterocycles. The highest BCUT2D eigenvalue weighted by Gasteiger charge is 2.11. The largest absolute Gasteiger partial charge is 0.325 e. The minimum Gasteiger partial charge on any atom is -0.325 e. The Kier molecular flexibility index (Phi) is 7.30. The lowest BCUT2D eigenvalue weighted by molar-refractivity contribution is -0.113. The van der Waals surface area contributed by atoms with E-state index in [-0.39, 0.29) is 11.7 Å². The summed E-state index contributed by atoms with van der Waals surface area (Å²) in [4.78, 5) is 14.5. The van der Waals surface area contributed by atoms with Crippen LogP contribution in [0.4, 0.5) is 5.69 Å². The van der Waals surface area contributed by atoms with E-state index in [1.54, 1.807) is 6.33 Å². The number of anilines is 1. The molecule has 1 amide bonds. The van der Waals surface area contributed by atoms with E-state index in [4.69, 9.17) is 11.6 Å². The van der Waals surface area contributed by atoms with E-state index in [9.17, 15) is 4.79 Å². The van der Waals surface area contributed by atoms with Crippen molar-refractivity contribution < 1.29 is 4.79 Å².